The van der Waals surface area contributed by atoms with Gasteiger partial charge in [-0.2, -0.15) is 0 Å². The minimum absolute atomic E-state index is 0.342. The minimum atomic E-state index is 0.342. The van der Waals surface area contributed by atoms with Gasteiger partial charge in [0.05, 0.1) is 6.54 Å². The van der Waals surface area contributed by atoms with Gasteiger partial charge in [-0.1, -0.05) is 32.9 Å². The highest BCUT2D eigenvalue weighted by Gasteiger charge is 2.53. The summed E-state index contributed by atoms with van der Waals surface area (Å²) in [7, 11) is 0. The first-order valence-corrected chi connectivity index (χ1v) is 10.8. The summed E-state index contributed by atoms with van der Waals surface area (Å²) in [4.78, 5) is 19.5. The van der Waals surface area contributed by atoms with Crippen molar-refractivity contribution in [2.75, 3.05) is 50.7 Å². The Hall–Kier alpha value is -1.55. The highest BCUT2D eigenvalue weighted by atomic mass is 16.2. The van der Waals surface area contributed by atoms with E-state index >= 15 is 0 Å². The Kier molecular flexibility index (Phi) is 5.19. The molecule has 4 rings (SSSR count). The van der Waals surface area contributed by atoms with Crippen molar-refractivity contribution in [2.45, 2.75) is 40.0 Å². The molecule has 148 valence electrons. The summed E-state index contributed by atoms with van der Waals surface area (Å²) in [5, 5.41) is 0. The molecule has 0 unspecified atom stereocenters. The van der Waals surface area contributed by atoms with Crippen molar-refractivity contribution in [3.63, 3.8) is 0 Å². The molecule has 3 fully saturated rings. The van der Waals surface area contributed by atoms with Gasteiger partial charge in [-0.25, -0.2) is 0 Å². The molecular formula is C23H35N3O. The molecule has 1 amide bonds. The van der Waals surface area contributed by atoms with Crippen molar-refractivity contribution < 1.29 is 4.79 Å². The number of nitrogens with zero attached hydrogens (tertiary/aromatic N) is 3. The first-order chi connectivity index (χ1) is 13.0. The van der Waals surface area contributed by atoms with E-state index < -0.39 is 0 Å². The van der Waals surface area contributed by atoms with E-state index in [0.717, 1.165) is 57.5 Å². The lowest BCUT2D eigenvalue weighted by Gasteiger charge is -2.61. The summed E-state index contributed by atoms with van der Waals surface area (Å²) in [5.74, 6) is 1.96. The Labute approximate surface area is 164 Å². The van der Waals surface area contributed by atoms with Crippen LogP contribution < -0.4 is 4.90 Å². The summed E-state index contributed by atoms with van der Waals surface area (Å²) in [6.07, 6.45) is 3.60. The fourth-order valence-electron chi connectivity index (χ4n) is 5.10. The van der Waals surface area contributed by atoms with Crippen molar-refractivity contribution in [2.24, 2.45) is 17.3 Å². The van der Waals surface area contributed by atoms with Crippen LogP contribution in [0.25, 0.3) is 0 Å². The van der Waals surface area contributed by atoms with Crippen LogP contribution in [0.1, 0.15) is 39.2 Å². The van der Waals surface area contributed by atoms with E-state index in [1.807, 2.05) is 0 Å². The molecule has 0 aromatic heterocycles. The summed E-state index contributed by atoms with van der Waals surface area (Å²) in [5.41, 5.74) is 3.09. The molecule has 1 aromatic carbocycles. The van der Waals surface area contributed by atoms with E-state index in [2.05, 4.69) is 59.7 Å². The molecule has 1 aromatic rings. The molecule has 27 heavy (non-hydrogen) atoms. The van der Waals surface area contributed by atoms with Gasteiger partial charge < -0.3 is 9.80 Å². The Balaban J connectivity index is 1.19. The zero-order chi connectivity index (χ0) is 19.0. The minimum Gasteiger partial charge on any atom is -0.370 e. The van der Waals surface area contributed by atoms with Gasteiger partial charge in [0, 0.05) is 37.3 Å². The summed E-state index contributed by atoms with van der Waals surface area (Å²) in [6.45, 7) is 13.8. The number of carbonyl (C=O) groups is 1. The van der Waals surface area contributed by atoms with Crippen molar-refractivity contribution in [3.8, 4) is 0 Å². The molecule has 3 aliphatic heterocycles. The number of carbonyl (C=O) groups excluding carboxylic acids is 1. The number of likely N-dealkylation sites (tertiary alicyclic amines) is 2. The Morgan fingerprint density at radius 3 is 2.26 bits per heavy atom. The van der Waals surface area contributed by atoms with E-state index in [1.54, 1.807) is 0 Å². The van der Waals surface area contributed by atoms with Crippen LogP contribution in [0.2, 0.25) is 0 Å². The van der Waals surface area contributed by atoms with Crippen molar-refractivity contribution in [1.82, 2.24) is 9.80 Å². The Morgan fingerprint density at radius 2 is 1.70 bits per heavy atom. The van der Waals surface area contributed by atoms with Gasteiger partial charge in [-0.3, -0.25) is 9.69 Å². The number of amides is 1. The predicted octanol–water partition coefficient (Wildman–Crippen LogP) is 3.27. The molecule has 3 saturated heterocycles. The number of hydrogen-bond donors (Lipinski definition) is 0. The molecule has 0 bridgehead atoms. The van der Waals surface area contributed by atoms with Gasteiger partial charge in [-0.05, 0) is 61.9 Å². The molecule has 3 heterocycles. The first kappa shape index (κ1) is 18.8. The summed E-state index contributed by atoms with van der Waals surface area (Å²) >= 11 is 0. The summed E-state index contributed by atoms with van der Waals surface area (Å²) < 4.78 is 0. The number of piperidine rings is 1. The van der Waals surface area contributed by atoms with E-state index in [0.29, 0.717) is 17.9 Å². The van der Waals surface area contributed by atoms with Crippen LogP contribution in [0.3, 0.4) is 0 Å². The number of hydrogen-bond acceptors (Lipinski definition) is 3. The molecule has 0 atom stereocenters. The average Bonchev–Trinajstić information content (AvgIpc) is 2.60. The number of rotatable bonds is 5. The van der Waals surface area contributed by atoms with E-state index in [1.165, 1.54) is 24.1 Å². The van der Waals surface area contributed by atoms with Crippen molar-refractivity contribution in [1.29, 1.82) is 0 Å². The van der Waals surface area contributed by atoms with E-state index in [4.69, 9.17) is 0 Å². The van der Waals surface area contributed by atoms with Crippen LogP contribution in [0.5, 0.6) is 0 Å². The van der Waals surface area contributed by atoms with Crippen LogP contribution >= 0.6 is 0 Å². The quantitative estimate of drug-likeness (QED) is 0.797. The van der Waals surface area contributed by atoms with Crippen LogP contribution in [0.4, 0.5) is 5.69 Å². The van der Waals surface area contributed by atoms with Crippen molar-refractivity contribution >= 4 is 11.6 Å². The van der Waals surface area contributed by atoms with Gasteiger partial charge in [-0.15, -0.1) is 0 Å². The number of benzene rings is 1. The molecule has 0 aliphatic carbocycles. The monoisotopic (exact) mass is 369 g/mol. The zero-order valence-corrected chi connectivity index (χ0v) is 17.3. The maximum Gasteiger partial charge on any atom is 0.236 e. The largest absolute Gasteiger partial charge is 0.370 e. The lowest BCUT2D eigenvalue weighted by atomic mass is 9.72. The van der Waals surface area contributed by atoms with Gasteiger partial charge >= 0.3 is 0 Å². The molecular weight excluding hydrogens is 334 g/mol. The SMILES string of the molecule is CCc1ccc(N2CC3(CN(C(=O)CN4CCC(C(C)C)CC4)C3)C2)cc1. The third-order valence-corrected chi connectivity index (χ3v) is 7.10. The predicted molar refractivity (Wildman–Crippen MR) is 111 cm³/mol. The second-order valence-corrected chi connectivity index (χ2v) is 9.48. The molecule has 3 aliphatic rings. The summed E-state index contributed by atoms with van der Waals surface area (Å²) in [6, 6.07) is 8.96. The van der Waals surface area contributed by atoms with Crippen LogP contribution in [-0.4, -0.2) is 61.5 Å². The highest BCUT2D eigenvalue weighted by molar-refractivity contribution is 5.79. The third-order valence-electron chi connectivity index (χ3n) is 7.10. The standard InChI is InChI=1S/C23H35N3O/c1-4-19-5-7-21(8-6-19)25-14-23(15-25)16-26(17-23)22(27)13-24-11-9-20(10-12-24)18(2)3/h5-8,18,20H,4,9-17H2,1-3H3. The lowest BCUT2D eigenvalue weighted by molar-refractivity contribution is -0.146. The second-order valence-electron chi connectivity index (χ2n) is 9.48. The zero-order valence-electron chi connectivity index (χ0n) is 17.3. The molecule has 0 N–H and O–H groups in total. The molecule has 1 spiro atoms. The number of anilines is 1. The molecule has 0 saturated carbocycles. The average molecular weight is 370 g/mol. The Morgan fingerprint density at radius 1 is 1.07 bits per heavy atom. The maximum absolute atomic E-state index is 12.6. The van der Waals surface area contributed by atoms with Crippen LogP contribution in [0.15, 0.2) is 24.3 Å². The highest BCUT2D eigenvalue weighted by Crippen LogP contribution is 2.42. The number of aryl methyl sites for hydroxylation is 1. The van der Waals surface area contributed by atoms with Crippen LogP contribution in [0, 0.1) is 17.3 Å². The molecule has 4 heteroatoms. The first-order valence-electron chi connectivity index (χ1n) is 10.8. The van der Waals surface area contributed by atoms with Gasteiger partial charge in [0.25, 0.3) is 0 Å². The maximum atomic E-state index is 12.6. The third kappa shape index (κ3) is 3.87. The molecule has 0 radical (unpaired) electrons. The van der Waals surface area contributed by atoms with Gasteiger partial charge in [0.2, 0.25) is 5.91 Å². The second kappa shape index (κ2) is 7.46. The topological polar surface area (TPSA) is 26.8 Å². The molecule has 4 nitrogen and oxygen atoms in total. The van der Waals surface area contributed by atoms with Crippen LogP contribution in [-0.2, 0) is 11.2 Å². The Bertz CT molecular complexity index is 647. The fraction of sp³-hybridized carbons (Fsp3) is 0.696. The smallest absolute Gasteiger partial charge is 0.236 e. The normalized spacial score (nSPS) is 22.8. The fourth-order valence-corrected chi connectivity index (χ4v) is 5.10. The van der Waals surface area contributed by atoms with E-state index in [-0.39, 0.29) is 0 Å². The van der Waals surface area contributed by atoms with Crippen molar-refractivity contribution in [3.05, 3.63) is 29.8 Å². The lowest BCUT2D eigenvalue weighted by Crippen LogP contribution is -2.73. The van der Waals surface area contributed by atoms with E-state index in [9.17, 15) is 4.79 Å². The van der Waals surface area contributed by atoms with Gasteiger partial charge in [0.15, 0.2) is 0 Å². The van der Waals surface area contributed by atoms with Gasteiger partial charge in [0.1, 0.15) is 0 Å².